The third-order valence-electron chi connectivity index (χ3n) is 6.60. The van der Waals surface area contributed by atoms with Crippen LogP contribution in [0.15, 0.2) is 18.3 Å². The molecule has 0 aliphatic carbocycles. The van der Waals surface area contributed by atoms with Crippen LogP contribution in [0.1, 0.15) is 103 Å². The van der Waals surface area contributed by atoms with Crippen LogP contribution in [0.2, 0.25) is 0 Å². The second-order valence-corrected chi connectivity index (χ2v) is 9.11. The van der Waals surface area contributed by atoms with Gasteiger partial charge in [0.05, 0.1) is 16.8 Å². The summed E-state index contributed by atoms with van der Waals surface area (Å²) >= 11 is 0. The minimum Gasteiger partial charge on any atom is -0.253 e. The number of unbranched alkanes of at least 4 members (excludes halogenated alkanes) is 3. The van der Waals surface area contributed by atoms with Gasteiger partial charge in [-0.1, -0.05) is 67.2 Å². The summed E-state index contributed by atoms with van der Waals surface area (Å²) in [6.07, 6.45) is 4.22. The van der Waals surface area contributed by atoms with Crippen LogP contribution in [0.25, 0.3) is 11.0 Å². The van der Waals surface area contributed by atoms with E-state index >= 15 is 0 Å². The largest absolute Gasteiger partial charge is 0.418 e. The topological polar surface area (TPSA) is 25.8 Å². The molecule has 2 rings (SSSR count). The number of benzene rings is 1. The Balaban J connectivity index is 2.58. The normalized spacial score (nSPS) is 14.9. The minimum atomic E-state index is -4.46. The maximum atomic E-state index is 13.9. The predicted octanol–water partition coefficient (Wildman–Crippen LogP) is 7.97. The molecule has 0 N–H and O–H groups in total. The third-order valence-corrected chi connectivity index (χ3v) is 6.60. The summed E-state index contributed by atoms with van der Waals surface area (Å²) in [4.78, 5) is 9.01. The maximum absolute atomic E-state index is 13.9. The van der Waals surface area contributed by atoms with E-state index < -0.39 is 11.7 Å². The average molecular weight is 409 g/mol. The van der Waals surface area contributed by atoms with E-state index in [2.05, 4.69) is 30.7 Å². The first-order chi connectivity index (χ1) is 13.5. The van der Waals surface area contributed by atoms with E-state index in [9.17, 15) is 13.2 Å². The fourth-order valence-electron chi connectivity index (χ4n) is 3.64. The van der Waals surface area contributed by atoms with Crippen molar-refractivity contribution in [1.29, 1.82) is 0 Å². The lowest BCUT2D eigenvalue weighted by Crippen LogP contribution is -2.24. The van der Waals surface area contributed by atoms with Crippen molar-refractivity contribution in [3.8, 4) is 0 Å². The monoisotopic (exact) mass is 408 g/mol. The number of hydrogen-bond donors (Lipinski definition) is 0. The van der Waals surface area contributed by atoms with Crippen molar-refractivity contribution in [3.05, 3.63) is 35.2 Å². The van der Waals surface area contributed by atoms with Crippen LogP contribution in [0, 0.1) is 0 Å². The molecule has 1 aromatic heterocycles. The van der Waals surface area contributed by atoms with Gasteiger partial charge in [-0.05, 0) is 42.4 Å². The van der Waals surface area contributed by atoms with Crippen LogP contribution in [-0.4, -0.2) is 9.97 Å². The van der Waals surface area contributed by atoms with Gasteiger partial charge in [0.25, 0.3) is 0 Å². The number of rotatable bonds is 9. The molecule has 0 spiro atoms. The highest BCUT2D eigenvalue weighted by molar-refractivity contribution is 5.80. The van der Waals surface area contributed by atoms with Gasteiger partial charge in [0.1, 0.15) is 5.52 Å². The molecule has 1 unspecified atom stereocenters. The number of halogens is 3. The molecule has 1 aromatic carbocycles. The molecule has 2 nitrogen and oxygen atoms in total. The molecular formula is C24H35F3N2. The van der Waals surface area contributed by atoms with Crippen molar-refractivity contribution in [3.63, 3.8) is 0 Å². The van der Waals surface area contributed by atoms with Crippen molar-refractivity contribution in [2.24, 2.45) is 0 Å². The van der Waals surface area contributed by atoms with Crippen molar-refractivity contribution in [2.75, 3.05) is 0 Å². The third kappa shape index (κ3) is 5.29. The summed E-state index contributed by atoms with van der Waals surface area (Å²) in [7, 11) is 0. The first-order valence-electron chi connectivity index (χ1n) is 10.9. The van der Waals surface area contributed by atoms with E-state index in [1.807, 2.05) is 20.8 Å². The first kappa shape index (κ1) is 23.6. The Kier molecular flexibility index (Phi) is 7.34. The minimum absolute atomic E-state index is 0.0288. The fraction of sp³-hybridized carbons (Fsp3) is 0.667. The zero-order chi connectivity index (χ0) is 21.9. The van der Waals surface area contributed by atoms with Gasteiger partial charge < -0.3 is 0 Å². The molecule has 0 radical (unpaired) electrons. The SMILES string of the molecule is CCCCCCC(C)(CC)c1cnc2cc(C(C)(C)CC)cc(C(F)(F)F)c2n1. The molecule has 29 heavy (non-hydrogen) atoms. The summed E-state index contributed by atoms with van der Waals surface area (Å²) in [6, 6.07) is 3.05. The van der Waals surface area contributed by atoms with Crippen LogP contribution in [0.4, 0.5) is 13.2 Å². The van der Waals surface area contributed by atoms with Crippen molar-refractivity contribution in [1.82, 2.24) is 9.97 Å². The smallest absolute Gasteiger partial charge is 0.253 e. The Labute approximate surface area is 173 Å². The van der Waals surface area contributed by atoms with E-state index in [1.54, 1.807) is 12.3 Å². The van der Waals surface area contributed by atoms with Crippen LogP contribution in [0.3, 0.4) is 0 Å². The fourth-order valence-corrected chi connectivity index (χ4v) is 3.64. The van der Waals surface area contributed by atoms with Gasteiger partial charge in [-0.2, -0.15) is 13.2 Å². The second kappa shape index (κ2) is 9.01. The van der Waals surface area contributed by atoms with Gasteiger partial charge >= 0.3 is 6.18 Å². The van der Waals surface area contributed by atoms with E-state index in [-0.39, 0.29) is 16.3 Å². The number of hydrogen-bond acceptors (Lipinski definition) is 2. The quantitative estimate of drug-likeness (QED) is 0.393. The highest BCUT2D eigenvalue weighted by atomic mass is 19.4. The van der Waals surface area contributed by atoms with E-state index in [4.69, 9.17) is 0 Å². The van der Waals surface area contributed by atoms with Gasteiger partial charge in [-0.25, -0.2) is 4.98 Å². The van der Waals surface area contributed by atoms with E-state index in [0.717, 1.165) is 38.5 Å². The summed E-state index contributed by atoms with van der Waals surface area (Å²) in [5.74, 6) is 0. The van der Waals surface area contributed by atoms with E-state index in [1.165, 1.54) is 12.5 Å². The Morgan fingerprint density at radius 2 is 1.59 bits per heavy atom. The van der Waals surface area contributed by atoms with Crippen molar-refractivity contribution < 1.29 is 13.2 Å². The molecule has 0 aliphatic rings. The number of fused-ring (bicyclic) bond motifs is 1. The molecule has 2 aromatic rings. The molecule has 0 amide bonds. The maximum Gasteiger partial charge on any atom is 0.418 e. The van der Waals surface area contributed by atoms with Gasteiger partial charge in [-0.3, -0.25) is 4.98 Å². The zero-order valence-electron chi connectivity index (χ0n) is 18.7. The summed E-state index contributed by atoms with van der Waals surface area (Å²) in [5, 5.41) is 0. The number of alkyl halides is 3. The van der Waals surface area contributed by atoms with Crippen LogP contribution >= 0.6 is 0 Å². The molecule has 0 bridgehead atoms. The Hall–Kier alpha value is -1.65. The second-order valence-electron chi connectivity index (χ2n) is 9.11. The molecule has 162 valence electrons. The molecule has 1 heterocycles. The molecule has 0 saturated carbocycles. The number of aromatic nitrogens is 2. The van der Waals surface area contributed by atoms with Crippen LogP contribution in [-0.2, 0) is 17.0 Å². The standard InChI is InChI=1S/C24H35F3N2/c1-7-10-11-12-13-23(6,9-3)20-16-28-19-15-17(22(4,5)8-2)14-18(21(19)29-20)24(25,26)27/h14-16H,7-13H2,1-6H3. The average Bonchev–Trinajstić information content (AvgIpc) is 2.69. The molecule has 0 aliphatic heterocycles. The molecule has 1 atom stereocenters. The van der Waals surface area contributed by atoms with Crippen LogP contribution in [0.5, 0.6) is 0 Å². The predicted molar refractivity (Wildman–Crippen MR) is 114 cm³/mol. The number of nitrogens with zero attached hydrogens (tertiary/aromatic N) is 2. The summed E-state index contributed by atoms with van der Waals surface area (Å²) < 4.78 is 41.8. The Morgan fingerprint density at radius 3 is 2.14 bits per heavy atom. The van der Waals surface area contributed by atoms with Gasteiger partial charge in [0.15, 0.2) is 0 Å². The van der Waals surface area contributed by atoms with E-state index in [0.29, 0.717) is 16.8 Å². The molecule has 5 heteroatoms. The van der Waals surface area contributed by atoms with Gasteiger partial charge in [-0.15, -0.1) is 0 Å². The lowest BCUT2D eigenvalue weighted by Gasteiger charge is -2.29. The summed E-state index contributed by atoms with van der Waals surface area (Å²) in [6.45, 7) is 12.2. The van der Waals surface area contributed by atoms with Crippen LogP contribution < -0.4 is 0 Å². The highest BCUT2D eigenvalue weighted by Crippen LogP contribution is 2.39. The Bertz CT molecular complexity index is 827. The molecule has 0 fully saturated rings. The molecule has 0 saturated heterocycles. The van der Waals surface area contributed by atoms with Gasteiger partial charge in [0, 0.05) is 11.6 Å². The highest BCUT2D eigenvalue weighted by Gasteiger charge is 2.36. The lowest BCUT2D eigenvalue weighted by atomic mass is 9.79. The van der Waals surface area contributed by atoms with Gasteiger partial charge in [0.2, 0.25) is 0 Å². The van der Waals surface area contributed by atoms with Crippen molar-refractivity contribution >= 4 is 11.0 Å². The summed E-state index contributed by atoms with van der Waals surface area (Å²) in [5.41, 5.74) is 0.315. The Morgan fingerprint density at radius 1 is 0.897 bits per heavy atom. The first-order valence-corrected chi connectivity index (χ1v) is 10.9. The van der Waals surface area contributed by atoms with Crippen molar-refractivity contribution in [2.45, 2.75) is 103 Å². The zero-order valence-corrected chi connectivity index (χ0v) is 18.7. The lowest BCUT2D eigenvalue weighted by molar-refractivity contribution is -0.136. The molecular weight excluding hydrogens is 373 g/mol.